The van der Waals surface area contributed by atoms with E-state index in [1.165, 1.54) is 25.7 Å². The van der Waals surface area contributed by atoms with E-state index < -0.39 is 0 Å². The standard InChI is InChI=1S/C52H37N4OS.Pt/c1-52(2,3)36-27-38(55-33-54(37-16-8-5-9-17-37)46-19-11-12-20-47(46)55)29-40(28-36)57-39-23-24-41-43-26-35(34-14-6-4-7-15-34)22-25-45(43)56(48(41)30-39)51-31-50-44(32-53-51)42-18-10-13-21-49(42)58-50;/h4-28,31-33H,1-3H3;/q-3;. The summed E-state index contributed by atoms with van der Waals surface area (Å²) in [6.07, 6.45) is 2.01. The zero-order valence-electron chi connectivity index (χ0n) is 32.6. The van der Waals surface area contributed by atoms with Gasteiger partial charge in [0.2, 0.25) is 0 Å². The smallest absolute Gasteiger partial charge is 0.137 e. The fourth-order valence-corrected chi connectivity index (χ4v) is 9.24. The van der Waals surface area contributed by atoms with E-state index in [9.17, 15) is 0 Å². The molecule has 0 fully saturated rings. The van der Waals surface area contributed by atoms with E-state index in [-0.39, 0.29) is 26.5 Å². The summed E-state index contributed by atoms with van der Waals surface area (Å²) < 4.78 is 11.5. The Kier molecular flexibility index (Phi) is 9.16. The Hall–Kier alpha value is -6.20. The molecule has 0 saturated heterocycles. The molecule has 0 atom stereocenters. The first-order chi connectivity index (χ1) is 28.4. The molecule has 0 bridgehead atoms. The van der Waals surface area contributed by atoms with Gasteiger partial charge in [-0.05, 0) is 64.4 Å². The number of rotatable bonds is 6. The normalized spacial score (nSPS) is 12.7. The molecule has 7 heteroatoms. The molecule has 0 unspecified atom stereocenters. The largest absolute Gasteiger partial charge is 0.509 e. The van der Waals surface area contributed by atoms with Crippen molar-refractivity contribution >= 4 is 76.1 Å². The fourth-order valence-electron chi connectivity index (χ4n) is 8.13. The number of ether oxygens (including phenoxy) is 1. The van der Waals surface area contributed by atoms with Crippen molar-refractivity contribution in [3.05, 3.63) is 188 Å². The van der Waals surface area contributed by atoms with Crippen molar-refractivity contribution in [3.63, 3.8) is 0 Å². The number of benzene rings is 7. The van der Waals surface area contributed by atoms with Gasteiger partial charge in [-0.3, -0.25) is 0 Å². The first-order valence-corrected chi connectivity index (χ1v) is 20.3. The van der Waals surface area contributed by atoms with Crippen LogP contribution in [0.1, 0.15) is 26.3 Å². The fraction of sp³-hybridized carbons (Fsp3) is 0.0769. The average Bonchev–Trinajstić information content (AvgIpc) is 3.93. The number of aromatic nitrogens is 2. The van der Waals surface area contributed by atoms with Crippen molar-refractivity contribution in [1.82, 2.24) is 9.55 Å². The average molecular weight is 961 g/mol. The summed E-state index contributed by atoms with van der Waals surface area (Å²) in [5.74, 6) is 2.07. The minimum absolute atomic E-state index is 0. The number of hydrogen-bond acceptors (Lipinski definition) is 5. The summed E-state index contributed by atoms with van der Waals surface area (Å²) in [4.78, 5) is 9.52. The van der Waals surface area contributed by atoms with Gasteiger partial charge in [0.1, 0.15) is 5.82 Å². The van der Waals surface area contributed by atoms with Crippen LogP contribution in [0.15, 0.2) is 164 Å². The molecular weight excluding hydrogens is 924 g/mol. The van der Waals surface area contributed by atoms with Gasteiger partial charge in [0.05, 0.1) is 0 Å². The Morgan fingerprint density at radius 1 is 0.593 bits per heavy atom. The predicted molar refractivity (Wildman–Crippen MR) is 241 cm³/mol. The van der Waals surface area contributed by atoms with E-state index >= 15 is 0 Å². The Morgan fingerprint density at radius 3 is 2.12 bits per heavy atom. The Labute approximate surface area is 362 Å². The zero-order chi connectivity index (χ0) is 39.0. The van der Waals surface area contributed by atoms with E-state index in [1.807, 2.05) is 18.3 Å². The van der Waals surface area contributed by atoms with Crippen LogP contribution < -0.4 is 14.5 Å². The van der Waals surface area contributed by atoms with Crippen LogP contribution in [-0.2, 0) is 26.5 Å². The zero-order valence-corrected chi connectivity index (χ0v) is 35.7. The van der Waals surface area contributed by atoms with Gasteiger partial charge in [-0.1, -0.05) is 117 Å². The maximum atomic E-state index is 6.82. The molecule has 1 aliphatic heterocycles. The van der Waals surface area contributed by atoms with Crippen LogP contribution in [0, 0.1) is 18.8 Å². The van der Waals surface area contributed by atoms with Gasteiger partial charge in [-0.2, -0.15) is 6.07 Å². The van der Waals surface area contributed by atoms with Crippen LogP contribution in [0.3, 0.4) is 0 Å². The third-order valence-electron chi connectivity index (χ3n) is 11.1. The quantitative estimate of drug-likeness (QED) is 0.156. The number of hydrogen-bond donors (Lipinski definition) is 0. The molecule has 0 spiro atoms. The molecule has 0 N–H and O–H groups in total. The van der Waals surface area contributed by atoms with Crippen LogP contribution in [0.4, 0.5) is 22.7 Å². The second kappa shape index (κ2) is 14.6. The van der Waals surface area contributed by atoms with E-state index in [0.29, 0.717) is 11.5 Å². The van der Waals surface area contributed by atoms with Gasteiger partial charge in [0, 0.05) is 81.5 Å². The van der Waals surface area contributed by atoms with Crippen LogP contribution >= 0.6 is 11.3 Å². The Balaban J connectivity index is 0.00000420. The maximum absolute atomic E-state index is 6.82. The minimum Gasteiger partial charge on any atom is -0.509 e. The molecule has 0 amide bonds. The van der Waals surface area contributed by atoms with E-state index in [4.69, 9.17) is 9.72 Å². The topological polar surface area (TPSA) is 33.5 Å². The molecule has 290 valence electrons. The van der Waals surface area contributed by atoms with Gasteiger partial charge in [-0.15, -0.1) is 65.0 Å². The molecule has 5 nitrogen and oxygen atoms in total. The summed E-state index contributed by atoms with van der Waals surface area (Å²) in [5, 5.41) is 4.61. The summed E-state index contributed by atoms with van der Waals surface area (Å²) in [6.45, 7) is 8.83. The van der Waals surface area contributed by atoms with Gasteiger partial charge in [-0.25, -0.2) is 4.98 Å². The van der Waals surface area contributed by atoms with Crippen molar-refractivity contribution in [2.45, 2.75) is 26.2 Å². The van der Waals surface area contributed by atoms with Crippen molar-refractivity contribution in [2.24, 2.45) is 0 Å². The van der Waals surface area contributed by atoms with Gasteiger partial charge in [0.25, 0.3) is 0 Å². The van der Waals surface area contributed by atoms with E-state index in [0.717, 1.165) is 61.5 Å². The van der Waals surface area contributed by atoms with Gasteiger partial charge >= 0.3 is 0 Å². The van der Waals surface area contributed by atoms with Crippen molar-refractivity contribution in [1.29, 1.82) is 0 Å². The maximum Gasteiger partial charge on any atom is 0.137 e. The van der Waals surface area contributed by atoms with Crippen molar-refractivity contribution in [3.8, 4) is 28.4 Å². The number of anilines is 4. The summed E-state index contributed by atoms with van der Waals surface area (Å²) in [7, 11) is 0. The molecule has 1 aliphatic rings. The van der Waals surface area contributed by atoms with Crippen molar-refractivity contribution < 1.29 is 25.8 Å². The van der Waals surface area contributed by atoms with Gasteiger partial charge in [0.15, 0.2) is 0 Å². The van der Waals surface area contributed by atoms with Crippen molar-refractivity contribution in [2.75, 3.05) is 9.80 Å². The van der Waals surface area contributed by atoms with E-state index in [2.05, 4.69) is 200 Å². The van der Waals surface area contributed by atoms with Crippen LogP contribution in [-0.4, -0.2) is 9.55 Å². The molecule has 0 saturated carbocycles. The number of thiophene rings is 1. The third kappa shape index (κ3) is 6.48. The molecule has 4 heterocycles. The van der Waals surface area contributed by atoms with E-state index in [1.54, 1.807) is 11.3 Å². The number of para-hydroxylation sites is 3. The molecule has 11 rings (SSSR count). The SMILES string of the molecule is CC(C)(C)c1cc(Oc2[c-]c3c(cc2)c2cc(-c4ccccc4)ccc2n3-c2cc3sc4ccccc4c3cn2)[c-]c(N2[CH-]N(c3ccccc3)c3ccccc32)c1.[Pt]. The molecular formula is C52H37N4OPtS-3. The molecule has 0 aliphatic carbocycles. The minimum atomic E-state index is -0.145. The van der Waals surface area contributed by atoms with Gasteiger partial charge < -0.3 is 19.1 Å². The number of fused-ring (bicyclic) bond motifs is 7. The number of pyridine rings is 1. The number of nitrogens with zero attached hydrogens (tertiary/aromatic N) is 4. The molecule has 3 aromatic heterocycles. The molecule has 10 aromatic rings. The summed E-state index contributed by atoms with van der Waals surface area (Å²) >= 11 is 1.80. The summed E-state index contributed by atoms with van der Waals surface area (Å²) in [6, 6.07) is 62.8. The Bertz CT molecular complexity index is 3190. The predicted octanol–water partition coefficient (Wildman–Crippen LogP) is 14.3. The Morgan fingerprint density at radius 2 is 1.32 bits per heavy atom. The second-order valence-electron chi connectivity index (χ2n) is 15.8. The van der Waals surface area contributed by atoms with Crippen LogP contribution in [0.2, 0.25) is 0 Å². The first-order valence-electron chi connectivity index (χ1n) is 19.5. The monoisotopic (exact) mass is 960 g/mol. The second-order valence-corrected chi connectivity index (χ2v) is 16.9. The molecule has 7 aromatic carbocycles. The third-order valence-corrected chi connectivity index (χ3v) is 12.2. The van der Waals surface area contributed by atoms with Crippen LogP contribution in [0.25, 0.3) is 58.9 Å². The van der Waals surface area contributed by atoms with Crippen LogP contribution in [0.5, 0.6) is 11.5 Å². The molecule has 59 heavy (non-hydrogen) atoms. The summed E-state index contributed by atoms with van der Waals surface area (Å²) in [5.41, 5.74) is 9.47. The first kappa shape index (κ1) is 37.1. The molecule has 0 radical (unpaired) electrons.